The number of amides is 1. The predicted molar refractivity (Wildman–Crippen MR) is 79.1 cm³/mol. The van der Waals surface area contributed by atoms with Gasteiger partial charge in [0.15, 0.2) is 0 Å². The molecule has 1 saturated heterocycles. The molecule has 1 aliphatic rings. The van der Waals surface area contributed by atoms with Crippen LogP contribution in [0.1, 0.15) is 36.8 Å². The highest BCUT2D eigenvalue weighted by Crippen LogP contribution is 2.09. The van der Waals surface area contributed by atoms with Crippen LogP contribution in [0.15, 0.2) is 24.3 Å². The summed E-state index contributed by atoms with van der Waals surface area (Å²) in [5.41, 5.74) is 2.00. The van der Waals surface area contributed by atoms with Gasteiger partial charge >= 0.3 is 0 Å². The lowest BCUT2D eigenvalue weighted by molar-refractivity contribution is -0.130. The lowest BCUT2D eigenvalue weighted by Gasteiger charge is -2.20. The molecule has 0 atom stereocenters. The first-order valence-electron chi connectivity index (χ1n) is 7.47. The number of rotatable bonds is 5. The molecule has 4 heteroatoms. The summed E-state index contributed by atoms with van der Waals surface area (Å²) in [6, 6.07) is 7.79. The van der Waals surface area contributed by atoms with Crippen molar-refractivity contribution < 1.29 is 9.90 Å². The van der Waals surface area contributed by atoms with E-state index >= 15 is 0 Å². The number of aliphatic hydroxyl groups excluding tert-OH is 1. The molecular weight excluding hydrogens is 252 g/mol. The van der Waals surface area contributed by atoms with E-state index in [2.05, 4.69) is 5.32 Å². The van der Waals surface area contributed by atoms with Gasteiger partial charge in [-0.1, -0.05) is 37.1 Å². The van der Waals surface area contributed by atoms with Gasteiger partial charge in [0.1, 0.15) is 0 Å². The summed E-state index contributed by atoms with van der Waals surface area (Å²) in [7, 11) is 0. The number of nitrogens with zero attached hydrogens (tertiary/aromatic N) is 1. The lowest BCUT2D eigenvalue weighted by atomic mass is 10.1. The topological polar surface area (TPSA) is 52.6 Å². The Balaban J connectivity index is 1.75. The van der Waals surface area contributed by atoms with Crippen LogP contribution in [0.5, 0.6) is 0 Å². The molecule has 1 fully saturated rings. The molecule has 1 aliphatic heterocycles. The molecule has 1 heterocycles. The van der Waals surface area contributed by atoms with Crippen LogP contribution in [0.4, 0.5) is 0 Å². The Morgan fingerprint density at radius 1 is 1.15 bits per heavy atom. The summed E-state index contributed by atoms with van der Waals surface area (Å²) in [6.07, 6.45) is 4.74. The highest BCUT2D eigenvalue weighted by Gasteiger charge is 2.14. The Morgan fingerprint density at radius 2 is 1.85 bits per heavy atom. The molecule has 0 spiro atoms. The fourth-order valence-electron chi connectivity index (χ4n) is 2.58. The number of benzene rings is 1. The lowest BCUT2D eigenvalue weighted by Crippen LogP contribution is -2.38. The van der Waals surface area contributed by atoms with Crippen LogP contribution in [0.25, 0.3) is 0 Å². The molecule has 0 radical (unpaired) electrons. The number of carbonyl (C=O) groups is 1. The van der Waals surface area contributed by atoms with Crippen molar-refractivity contribution >= 4 is 5.91 Å². The Kier molecular flexibility index (Phi) is 6.02. The van der Waals surface area contributed by atoms with Crippen molar-refractivity contribution in [1.82, 2.24) is 10.2 Å². The summed E-state index contributed by atoms with van der Waals surface area (Å²) in [5, 5.41) is 12.3. The van der Waals surface area contributed by atoms with Gasteiger partial charge in [0.25, 0.3) is 0 Å². The van der Waals surface area contributed by atoms with Crippen LogP contribution >= 0.6 is 0 Å². The molecule has 2 N–H and O–H groups in total. The van der Waals surface area contributed by atoms with Gasteiger partial charge in [-0.3, -0.25) is 4.79 Å². The molecule has 110 valence electrons. The monoisotopic (exact) mass is 276 g/mol. The van der Waals surface area contributed by atoms with E-state index in [9.17, 15) is 4.79 Å². The van der Waals surface area contributed by atoms with Gasteiger partial charge in [-0.25, -0.2) is 0 Å². The van der Waals surface area contributed by atoms with E-state index in [0.717, 1.165) is 37.1 Å². The van der Waals surface area contributed by atoms with E-state index < -0.39 is 0 Å². The second-order valence-electron chi connectivity index (χ2n) is 5.38. The quantitative estimate of drug-likeness (QED) is 0.860. The molecule has 0 aromatic heterocycles. The SMILES string of the molecule is O=C(CNCc1cccc(CO)c1)N1CCCCCC1. The number of hydrogen-bond donors (Lipinski definition) is 2. The number of hydrogen-bond acceptors (Lipinski definition) is 3. The summed E-state index contributed by atoms with van der Waals surface area (Å²) in [5.74, 6) is 0.199. The average molecular weight is 276 g/mol. The standard InChI is InChI=1S/C16H24N2O2/c19-13-15-7-5-6-14(10-15)11-17-12-16(20)18-8-3-1-2-4-9-18/h5-7,10,17,19H,1-4,8-9,11-13H2. The Hall–Kier alpha value is -1.39. The van der Waals surface area contributed by atoms with Gasteiger partial charge in [0.05, 0.1) is 13.2 Å². The fourth-order valence-corrected chi connectivity index (χ4v) is 2.58. The van der Waals surface area contributed by atoms with E-state index in [1.165, 1.54) is 12.8 Å². The Bertz CT molecular complexity index is 426. The van der Waals surface area contributed by atoms with Crippen molar-refractivity contribution in [2.24, 2.45) is 0 Å². The summed E-state index contributed by atoms with van der Waals surface area (Å²) in [6.45, 7) is 2.92. The van der Waals surface area contributed by atoms with Crippen LogP contribution in [0.2, 0.25) is 0 Å². The van der Waals surface area contributed by atoms with Crippen LogP contribution < -0.4 is 5.32 Å². The van der Waals surface area contributed by atoms with Crippen molar-refractivity contribution in [1.29, 1.82) is 0 Å². The van der Waals surface area contributed by atoms with Gasteiger partial charge in [-0.2, -0.15) is 0 Å². The van der Waals surface area contributed by atoms with Crippen molar-refractivity contribution in [2.45, 2.75) is 38.8 Å². The summed E-state index contributed by atoms with van der Waals surface area (Å²) < 4.78 is 0. The van der Waals surface area contributed by atoms with Gasteiger partial charge in [0, 0.05) is 19.6 Å². The minimum Gasteiger partial charge on any atom is -0.392 e. The molecule has 0 saturated carbocycles. The maximum Gasteiger partial charge on any atom is 0.236 e. The first-order valence-corrected chi connectivity index (χ1v) is 7.47. The van der Waals surface area contributed by atoms with Crippen LogP contribution in [0.3, 0.4) is 0 Å². The third kappa shape index (κ3) is 4.62. The normalized spacial score (nSPS) is 15.9. The molecule has 20 heavy (non-hydrogen) atoms. The minimum absolute atomic E-state index is 0.0561. The van der Waals surface area contributed by atoms with Crippen LogP contribution in [-0.2, 0) is 17.9 Å². The Morgan fingerprint density at radius 3 is 2.55 bits per heavy atom. The summed E-state index contributed by atoms with van der Waals surface area (Å²) >= 11 is 0. The molecule has 0 unspecified atom stereocenters. The van der Waals surface area contributed by atoms with Gasteiger partial charge in [-0.05, 0) is 24.0 Å². The first-order chi connectivity index (χ1) is 9.79. The zero-order valence-corrected chi connectivity index (χ0v) is 12.0. The van der Waals surface area contributed by atoms with E-state index in [-0.39, 0.29) is 12.5 Å². The first kappa shape index (κ1) is 15.0. The van der Waals surface area contributed by atoms with E-state index in [1.54, 1.807) is 0 Å². The number of aliphatic hydroxyl groups is 1. The average Bonchev–Trinajstić information content (AvgIpc) is 2.76. The van der Waals surface area contributed by atoms with Gasteiger partial charge in [0.2, 0.25) is 5.91 Å². The Labute approximate surface area is 120 Å². The van der Waals surface area contributed by atoms with Crippen molar-refractivity contribution in [2.75, 3.05) is 19.6 Å². The van der Waals surface area contributed by atoms with Gasteiger partial charge < -0.3 is 15.3 Å². The molecule has 2 rings (SSSR count). The zero-order valence-electron chi connectivity index (χ0n) is 12.0. The van der Waals surface area contributed by atoms with E-state index in [4.69, 9.17) is 5.11 Å². The van der Waals surface area contributed by atoms with E-state index in [0.29, 0.717) is 13.1 Å². The highest BCUT2D eigenvalue weighted by atomic mass is 16.3. The molecule has 0 aliphatic carbocycles. The molecule has 1 aromatic carbocycles. The smallest absolute Gasteiger partial charge is 0.236 e. The molecule has 1 amide bonds. The van der Waals surface area contributed by atoms with Gasteiger partial charge in [-0.15, -0.1) is 0 Å². The van der Waals surface area contributed by atoms with Crippen molar-refractivity contribution in [3.8, 4) is 0 Å². The molecule has 0 bridgehead atoms. The number of carbonyl (C=O) groups excluding carboxylic acids is 1. The second-order valence-corrected chi connectivity index (χ2v) is 5.38. The van der Waals surface area contributed by atoms with Crippen LogP contribution in [-0.4, -0.2) is 35.5 Å². The highest BCUT2D eigenvalue weighted by molar-refractivity contribution is 5.78. The minimum atomic E-state index is 0.0561. The predicted octanol–water partition coefficient (Wildman–Crippen LogP) is 1.67. The maximum atomic E-state index is 12.1. The van der Waals surface area contributed by atoms with Crippen molar-refractivity contribution in [3.05, 3.63) is 35.4 Å². The third-order valence-electron chi connectivity index (χ3n) is 3.74. The second kappa shape index (κ2) is 8.02. The third-order valence-corrected chi connectivity index (χ3v) is 3.74. The molecular formula is C16H24N2O2. The number of likely N-dealkylation sites (tertiary alicyclic amines) is 1. The molecule has 1 aromatic rings. The van der Waals surface area contributed by atoms with E-state index in [1.807, 2.05) is 29.2 Å². The maximum absolute atomic E-state index is 12.1. The summed E-state index contributed by atoms with van der Waals surface area (Å²) in [4.78, 5) is 14.1. The number of nitrogens with one attached hydrogen (secondary N) is 1. The zero-order chi connectivity index (χ0) is 14.2. The van der Waals surface area contributed by atoms with Crippen LogP contribution in [0, 0.1) is 0 Å². The fraction of sp³-hybridized carbons (Fsp3) is 0.562. The largest absolute Gasteiger partial charge is 0.392 e. The molecule has 4 nitrogen and oxygen atoms in total. The van der Waals surface area contributed by atoms with Crippen molar-refractivity contribution in [3.63, 3.8) is 0 Å².